The molecule has 470 valence electrons. The molecule has 0 spiro atoms. The predicted octanol–water partition coefficient (Wildman–Crippen LogP) is 25.4. The number of aliphatic hydroxyl groups is 1. The number of carbonyl (C=O) groups is 1. The Hall–Kier alpha value is -0.570. The normalized spacial score (nSPS) is 17.7. The van der Waals surface area contributed by atoms with Gasteiger partial charge in [-0.1, -0.05) is 418 Å². The zero-order chi connectivity index (χ0) is 56.4. The summed E-state index contributed by atoms with van der Waals surface area (Å²) in [4.78, 5) is 11.8. The van der Waals surface area contributed by atoms with Crippen LogP contribution in [0.15, 0.2) is 0 Å². The average Bonchev–Trinajstić information content (AvgIpc) is 4.39. The molecule has 0 radical (unpaired) electrons. The molecule has 79 heavy (non-hydrogen) atoms. The van der Waals surface area contributed by atoms with E-state index in [0.717, 1.165) is 49.4 Å². The first kappa shape index (κ1) is 74.5. The summed E-state index contributed by atoms with van der Waals surface area (Å²) in [5.41, 5.74) is 0. The number of aliphatic carboxylic acids is 1. The molecule has 1 N–H and O–H groups in total. The van der Waals surface area contributed by atoms with Gasteiger partial charge in [0, 0.05) is 11.9 Å². The summed E-state index contributed by atoms with van der Waals surface area (Å²) in [6.45, 7) is 4.61. The van der Waals surface area contributed by atoms with Gasteiger partial charge in [-0.05, 0) is 49.4 Å². The molecule has 0 heterocycles. The van der Waals surface area contributed by atoms with Crippen LogP contribution in [0.4, 0.5) is 0 Å². The zero-order valence-corrected chi connectivity index (χ0v) is 54.6. The van der Waals surface area contributed by atoms with Crippen molar-refractivity contribution in [3.8, 4) is 0 Å². The van der Waals surface area contributed by atoms with Crippen LogP contribution in [0.2, 0.25) is 0 Å². The molecule has 4 unspecified atom stereocenters. The third-order valence-electron chi connectivity index (χ3n) is 20.2. The highest BCUT2D eigenvalue weighted by Crippen LogP contribution is 2.47. The molecule has 0 amide bonds. The van der Waals surface area contributed by atoms with Crippen molar-refractivity contribution >= 4 is 5.97 Å². The number of carbonyl (C=O) groups excluding carboxylic acids is 1. The van der Waals surface area contributed by atoms with Crippen LogP contribution < -0.4 is 5.11 Å². The second kappa shape index (κ2) is 59.2. The van der Waals surface area contributed by atoms with Gasteiger partial charge in [0.25, 0.3) is 0 Å². The third kappa shape index (κ3) is 51.6. The first-order valence-corrected chi connectivity index (χ1v) is 38.0. The molecule has 0 aliphatic heterocycles. The minimum absolute atomic E-state index is 0.573. The fourth-order valence-corrected chi connectivity index (χ4v) is 14.2. The minimum atomic E-state index is -1.05. The van der Waals surface area contributed by atoms with Crippen molar-refractivity contribution in [2.24, 2.45) is 29.6 Å². The number of rotatable bonds is 69. The lowest BCUT2D eigenvalue weighted by molar-refractivity contribution is -0.314. The molecule has 0 aromatic rings. The molecule has 2 rings (SSSR count). The maximum atomic E-state index is 11.8. The maximum Gasteiger partial charge on any atom is 0.0620 e. The van der Waals surface area contributed by atoms with Crippen LogP contribution in [0.5, 0.6) is 0 Å². The van der Waals surface area contributed by atoms with E-state index in [4.69, 9.17) is 0 Å². The second-order valence-corrected chi connectivity index (χ2v) is 27.9. The van der Waals surface area contributed by atoms with Crippen LogP contribution in [0, 0.1) is 29.6 Å². The van der Waals surface area contributed by atoms with Gasteiger partial charge in [-0.2, -0.15) is 0 Å². The van der Waals surface area contributed by atoms with Crippen molar-refractivity contribution in [3.05, 3.63) is 0 Å². The van der Waals surface area contributed by atoms with E-state index in [1.54, 1.807) is 25.7 Å². The Bertz CT molecular complexity index is 1200. The summed E-state index contributed by atoms with van der Waals surface area (Å²) in [7, 11) is 0. The minimum Gasteiger partial charge on any atom is -0.550 e. The highest BCUT2D eigenvalue weighted by molar-refractivity contribution is 5.68. The molecule has 0 bridgehead atoms. The van der Waals surface area contributed by atoms with Gasteiger partial charge in [-0.15, -0.1) is 0 Å². The molecule has 0 aromatic carbocycles. The topological polar surface area (TPSA) is 60.4 Å². The summed E-state index contributed by atoms with van der Waals surface area (Å²) in [5.74, 6) is 2.66. The van der Waals surface area contributed by atoms with E-state index in [9.17, 15) is 15.0 Å². The van der Waals surface area contributed by atoms with Crippen molar-refractivity contribution in [2.45, 2.75) is 450 Å². The molecule has 0 aromatic heterocycles. The van der Waals surface area contributed by atoms with Crippen molar-refractivity contribution in [1.82, 2.24) is 0 Å². The van der Waals surface area contributed by atoms with Crippen LogP contribution in [0.3, 0.4) is 0 Å². The second-order valence-electron chi connectivity index (χ2n) is 27.9. The largest absolute Gasteiger partial charge is 0.550 e. The fraction of sp³-hybridized carbons (Fsp3) is 0.987. The lowest BCUT2D eigenvalue weighted by Crippen LogP contribution is -2.38. The van der Waals surface area contributed by atoms with E-state index < -0.39 is 18.0 Å². The number of unbranched alkanes of at least 4 members (excludes halogenated alkanes) is 55. The number of carboxylic acids is 1. The summed E-state index contributed by atoms with van der Waals surface area (Å²) in [6.07, 6.45) is 92.5. The molecule has 6 atom stereocenters. The summed E-state index contributed by atoms with van der Waals surface area (Å²) < 4.78 is 0. The van der Waals surface area contributed by atoms with Gasteiger partial charge in [0.15, 0.2) is 0 Å². The molecule has 2 aliphatic rings. The number of carboxylic acid groups (broad SMARTS) is 1. The predicted molar refractivity (Wildman–Crippen MR) is 349 cm³/mol. The number of hydrogen-bond donors (Lipinski definition) is 1. The molecule has 2 fully saturated rings. The van der Waals surface area contributed by atoms with Gasteiger partial charge in [0.1, 0.15) is 0 Å². The SMILES string of the molecule is CCCCCCCCCCCCCCCCCCCCCCCC[C@@H](C(=O)[O-])[C@H](O)CCCCCCCCCCCCCCCC1CC1CCCCCCCCCCC1CC1CCCCCCCCCCCCCCCCCC. The van der Waals surface area contributed by atoms with Crippen LogP contribution >= 0.6 is 0 Å². The van der Waals surface area contributed by atoms with Gasteiger partial charge >= 0.3 is 0 Å². The van der Waals surface area contributed by atoms with Crippen LogP contribution in [-0.2, 0) is 4.79 Å². The first-order valence-electron chi connectivity index (χ1n) is 38.0. The van der Waals surface area contributed by atoms with Gasteiger partial charge in [-0.25, -0.2) is 0 Å². The molecule has 3 heteroatoms. The smallest absolute Gasteiger partial charge is 0.0620 e. The van der Waals surface area contributed by atoms with E-state index in [1.807, 2.05) is 0 Å². The van der Waals surface area contributed by atoms with E-state index in [-0.39, 0.29) is 0 Å². The van der Waals surface area contributed by atoms with E-state index in [1.165, 1.54) is 366 Å². The summed E-state index contributed by atoms with van der Waals surface area (Å²) in [5, 5.41) is 22.5. The molecule has 0 saturated heterocycles. The summed E-state index contributed by atoms with van der Waals surface area (Å²) in [6, 6.07) is 0. The van der Waals surface area contributed by atoms with Gasteiger partial charge < -0.3 is 15.0 Å². The van der Waals surface area contributed by atoms with Crippen molar-refractivity contribution in [3.63, 3.8) is 0 Å². The average molecular weight is 1110 g/mol. The van der Waals surface area contributed by atoms with E-state index >= 15 is 0 Å². The Morgan fingerprint density at radius 3 is 0.633 bits per heavy atom. The molecular formula is C76H147O3-. The number of hydrogen-bond acceptors (Lipinski definition) is 3. The standard InChI is InChI=1S/C76H148O3/c1-3-5-7-9-11-13-15-17-19-21-22-23-24-25-26-28-32-36-40-48-54-60-66-74(76(78)79)75(77)67-61-55-49-41-37-33-29-31-35-39-45-51-57-63-71-69-73(71)65-59-53-47-43-42-46-52-58-64-72-68-70(72)62-56-50-44-38-34-30-27-20-18-16-14-12-10-8-6-4-2/h70-75,77H,3-69H2,1-2H3,(H,78,79)/p-1/t70?,71?,72?,73?,74-,75-/m1/s1. The van der Waals surface area contributed by atoms with Crippen LogP contribution in [0.25, 0.3) is 0 Å². The zero-order valence-electron chi connectivity index (χ0n) is 54.6. The lowest BCUT2D eigenvalue weighted by atomic mass is 9.91. The Morgan fingerprint density at radius 2 is 0.443 bits per heavy atom. The molecule has 3 nitrogen and oxygen atoms in total. The Balaban J connectivity index is 1.20. The van der Waals surface area contributed by atoms with Gasteiger partial charge in [-0.3, -0.25) is 0 Å². The van der Waals surface area contributed by atoms with E-state index in [2.05, 4.69) is 13.8 Å². The maximum absolute atomic E-state index is 11.8. The third-order valence-corrected chi connectivity index (χ3v) is 20.2. The quantitative estimate of drug-likeness (QED) is 0.0618. The number of aliphatic hydroxyl groups excluding tert-OH is 1. The molecule has 2 aliphatic carbocycles. The van der Waals surface area contributed by atoms with Gasteiger partial charge in [0.05, 0.1) is 6.10 Å². The van der Waals surface area contributed by atoms with Gasteiger partial charge in [0.2, 0.25) is 0 Å². The Morgan fingerprint density at radius 1 is 0.278 bits per heavy atom. The first-order chi connectivity index (χ1) is 39.1. The highest BCUT2D eigenvalue weighted by Gasteiger charge is 2.36. The van der Waals surface area contributed by atoms with Crippen molar-refractivity contribution in [2.75, 3.05) is 0 Å². The highest BCUT2D eigenvalue weighted by atomic mass is 16.4. The lowest BCUT2D eigenvalue weighted by Gasteiger charge is -2.24. The van der Waals surface area contributed by atoms with E-state index in [0.29, 0.717) is 12.8 Å². The van der Waals surface area contributed by atoms with Crippen molar-refractivity contribution < 1.29 is 15.0 Å². The fourth-order valence-electron chi connectivity index (χ4n) is 14.2. The Kier molecular flexibility index (Phi) is 55.8. The van der Waals surface area contributed by atoms with Crippen LogP contribution in [-0.4, -0.2) is 17.2 Å². The van der Waals surface area contributed by atoms with Crippen molar-refractivity contribution in [1.29, 1.82) is 0 Å². The molecular weight excluding hydrogens is 961 g/mol. The van der Waals surface area contributed by atoms with Crippen LogP contribution in [0.1, 0.15) is 444 Å². The summed E-state index contributed by atoms with van der Waals surface area (Å²) >= 11 is 0. The monoisotopic (exact) mass is 1110 g/mol. The Labute approximate surface area is 498 Å². The molecule has 2 saturated carbocycles.